The second-order valence-electron chi connectivity index (χ2n) is 22.3. The van der Waals surface area contributed by atoms with Gasteiger partial charge in [-0.15, -0.1) is 0 Å². The van der Waals surface area contributed by atoms with Crippen molar-refractivity contribution in [3.8, 4) is 5.75 Å². The molecule has 18 N–H and O–H groups in total. The number of nitrogens with one attached hydrogen (secondary N) is 11. The summed E-state index contributed by atoms with van der Waals surface area (Å²) in [5, 5.41) is 74.2. The van der Waals surface area contributed by atoms with Gasteiger partial charge in [0.2, 0.25) is 70.9 Å². The van der Waals surface area contributed by atoms with Crippen LogP contribution in [0, 0.1) is 17.8 Å². The predicted octanol–water partition coefficient (Wildman–Crippen LogP) is -4.72. The number of aromatic hydroxyl groups is 1. The molecule has 1 heterocycles. The molecule has 0 radical (unpaired) electrons. The van der Waals surface area contributed by atoms with Gasteiger partial charge in [-0.3, -0.25) is 67.1 Å². The quantitative estimate of drug-likeness (QED) is 0.0275. The van der Waals surface area contributed by atoms with E-state index in [-0.39, 0.29) is 43.7 Å². The number of aliphatic hydroxyl groups excluding tert-OH is 1. The van der Waals surface area contributed by atoms with Gasteiger partial charge >= 0.3 is 17.9 Å². The van der Waals surface area contributed by atoms with Crippen molar-refractivity contribution in [1.29, 1.82) is 0 Å². The Morgan fingerprint density at radius 3 is 1.57 bits per heavy atom. The van der Waals surface area contributed by atoms with Crippen LogP contribution < -0.4 is 64.2 Å². The smallest absolute Gasteiger partial charge is 0.327 e. The normalized spacial score (nSPS) is 16.9. The number of rotatable bonds is 40. The molecule has 1 aromatic rings. The summed E-state index contributed by atoms with van der Waals surface area (Å²) in [6.45, 7) is 9.21. The molecule has 514 valence electrons. The minimum atomic E-state index is -1.93. The third-order valence-electron chi connectivity index (χ3n) is 15.3. The van der Waals surface area contributed by atoms with Crippen molar-refractivity contribution < 1.29 is 97.5 Å². The van der Waals surface area contributed by atoms with Crippen LogP contribution in [0.2, 0.25) is 0 Å². The van der Waals surface area contributed by atoms with Crippen molar-refractivity contribution in [2.75, 3.05) is 37.7 Å². The fourth-order valence-corrected chi connectivity index (χ4v) is 9.57. The number of phenols is 1. The number of carbonyl (C=O) groups excluding carboxylic acids is 12. The topological polar surface area (TPSA) is 519 Å². The Morgan fingerprint density at radius 1 is 0.554 bits per heavy atom. The van der Waals surface area contributed by atoms with Gasteiger partial charge in [0.25, 0.3) is 0 Å². The van der Waals surface area contributed by atoms with E-state index in [1.54, 1.807) is 41.5 Å². The summed E-state index contributed by atoms with van der Waals surface area (Å²) < 4.78 is 0. The molecule has 14 atom stereocenters. The predicted molar refractivity (Wildman–Crippen MR) is 334 cm³/mol. The molecule has 1 saturated heterocycles. The number of hydrogen-bond acceptors (Lipinski definition) is 20. The number of aliphatic hydroxyl groups is 1. The maximum absolute atomic E-state index is 14.5. The van der Waals surface area contributed by atoms with Crippen LogP contribution in [0.3, 0.4) is 0 Å². The van der Waals surface area contributed by atoms with Crippen molar-refractivity contribution in [3.05, 3.63) is 29.8 Å². The molecule has 0 aliphatic carbocycles. The van der Waals surface area contributed by atoms with Crippen LogP contribution in [0.4, 0.5) is 0 Å². The summed E-state index contributed by atoms with van der Waals surface area (Å²) in [6.07, 6.45) is -1.22. The Morgan fingerprint density at radius 2 is 1.03 bits per heavy atom. The van der Waals surface area contributed by atoms with E-state index in [1.165, 1.54) is 36.1 Å². The average Bonchev–Trinajstić information content (AvgIpc) is 1.66. The van der Waals surface area contributed by atoms with Gasteiger partial charge in [0.05, 0.1) is 26.1 Å². The number of benzene rings is 1. The first-order valence-electron chi connectivity index (χ1n) is 29.9. The highest BCUT2D eigenvalue weighted by Gasteiger charge is 2.42. The highest BCUT2D eigenvalue weighted by atomic mass is 32.1. The standard InChI is InChI=1S/C57H89N13O20S2/c1-8-27(4)44(54(86)60-22-40(73)61-30(7)47(79)59-23-41(74)67-45(28(5)9-2)55(87)66-38(26-92)57(89)90)68-53(85)39-12-11-19-70(39)56(88)46(29(6)10-3)69-51(83)36(21-43(77)78)64-52(84)37(25-91)65-49(81)34(17-18-42(75)76)62-50(82)35(63-48(80)33(58)24-71)20-31-13-15-32(72)16-14-31/h13-16,27-30,33-39,44-46,71-72,91-92H,8-12,17-26,58H2,1-7H3,(H,59,79)(H,60,86)(H,61,73)(H,62,82)(H,63,80)(H,64,84)(H,65,81)(H,66,87)(H,67,74)(H,68,85)(H,69,83)(H,75,76)(H,77,78)(H,89,90)/t27-,28-,29-,30-,33-,34-,35-,36-,37-,38-,39-,44-,45-,46-/m0/s1. The Balaban J connectivity index is 2.22. The second-order valence-corrected chi connectivity index (χ2v) is 23.0. The van der Waals surface area contributed by atoms with Crippen LogP contribution >= 0.6 is 25.3 Å². The van der Waals surface area contributed by atoms with Crippen LogP contribution in [-0.4, -0.2) is 223 Å². The third kappa shape index (κ3) is 26.1. The number of aliphatic carboxylic acids is 3. The summed E-state index contributed by atoms with van der Waals surface area (Å²) >= 11 is 8.07. The number of amides is 12. The number of carboxylic acids is 3. The monoisotopic (exact) mass is 1340 g/mol. The number of carbonyl (C=O) groups is 15. The van der Waals surface area contributed by atoms with Crippen LogP contribution in [-0.2, 0) is 78.3 Å². The summed E-state index contributed by atoms with van der Waals surface area (Å²) in [4.78, 5) is 199. The van der Waals surface area contributed by atoms with Crippen molar-refractivity contribution >= 4 is 114 Å². The highest BCUT2D eigenvalue weighted by molar-refractivity contribution is 7.80. The van der Waals surface area contributed by atoms with Gasteiger partial charge in [-0.2, -0.15) is 25.3 Å². The zero-order valence-corrected chi connectivity index (χ0v) is 54.1. The molecule has 2 rings (SSSR count). The number of nitrogens with zero attached hydrogens (tertiary/aromatic N) is 1. The van der Waals surface area contributed by atoms with Crippen LogP contribution in [0.1, 0.15) is 105 Å². The summed E-state index contributed by atoms with van der Waals surface area (Å²) in [6, 6.07) is -10.5. The molecular weight excluding hydrogens is 1250 g/mol. The lowest BCUT2D eigenvalue weighted by molar-refractivity contribution is -0.145. The van der Waals surface area contributed by atoms with Gasteiger partial charge in [-0.1, -0.05) is 72.9 Å². The molecule has 0 aromatic heterocycles. The number of hydrogen-bond donors (Lipinski definition) is 19. The van der Waals surface area contributed by atoms with Gasteiger partial charge in [0, 0.05) is 30.9 Å². The maximum Gasteiger partial charge on any atom is 0.327 e. The van der Waals surface area contributed by atoms with E-state index in [4.69, 9.17) is 5.73 Å². The molecule has 12 amide bonds. The first-order chi connectivity index (χ1) is 43.3. The highest BCUT2D eigenvalue weighted by Crippen LogP contribution is 2.23. The summed E-state index contributed by atoms with van der Waals surface area (Å²) in [5.74, 6) is -18.0. The van der Waals surface area contributed by atoms with Gasteiger partial charge in [0.1, 0.15) is 72.2 Å². The van der Waals surface area contributed by atoms with Crippen molar-refractivity contribution in [2.24, 2.45) is 23.5 Å². The van der Waals surface area contributed by atoms with Crippen molar-refractivity contribution in [1.82, 2.24) is 63.4 Å². The summed E-state index contributed by atoms with van der Waals surface area (Å²) in [5.41, 5.74) is 6.04. The van der Waals surface area contributed by atoms with Crippen molar-refractivity contribution in [2.45, 2.75) is 173 Å². The molecule has 1 fully saturated rings. The second kappa shape index (κ2) is 39.8. The molecule has 1 aliphatic heterocycles. The third-order valence-corrected chi connectivity index (χ3v) is 16.0. The fourth-order valence-electron chi connectivity index (χ4n) is 9.07. The van der Waals surface area contributed by atoms with E-state index in [0.29, 0.717) is 18.4 Å². The van der Waals surface area contributed by atoms with Crippen LogP contribution in [0.15, 0.2) is 24.3 Å². The minimum absolute atomic E-state index is 0.00390. The largest absolute Gasteiger partial charge is 0.508 e. The molecule has 1 aromatic carbocycles. The molecule has 0 saturated carbocycles. The number of carboxylic acid groups (broad SMARTS) is 3. The molecule has 0 unspecified atom stereocenters. The Labute approximate surface area is 542 Å². The van der Waals surface area contributed by atoms with E-state index in [0.717, 1.165) is 0 Å². The zero-order valence-electron chi connectivity index (χ0n) is 52.3. The average molecular weight is 1340 g/mol. The first-order valence-corrected chi connectivity index (χ1v) is 31.1. The zero-order chi connectivity index (χ0) is 69.7. The number of likely N-dealkylation sites (tertiary alicyclic amines) is 1. The number of nitrogens with two attached hydrogens (primary N) is 1. The van der Waals surface area contributed by atoms with Gasteiger partial charge in [-0.25, -0.2) is 4.79 Å². The Kier molecular flexibility index (Phi) is 34.5. The molecule has 1 aliphatic rings. The molecule has 92 heavy (non-hydrogen) atoms. The van der Waals surface area contributed by atoms with E-state index in [1.807, 2.05) is 0 Å². The first kappa shape index (κ1) is 79.8. The molecular formula is C57H89N13O20S2. The maximum atomic E-state index is 14.5. The van der Waals surface area contributed by atoms with Crippen LogP contribution in [0.25, 0.3) is 0 Å². The lowest BCUT2D eigenvalue weighted by Crippen LogP contribution is -2.61. The lowest BCUT2D eigenvalue weighted by atomic mass is 9.96. The molecule has 33 nitrogen and oxygen atoms in total. The van der Waals surface area contributed by atoms with E-state index in [2.05, 4.69) is 83.7 Å². The molecule has 35 heteroatoms. The van der Waals surface area contributed by atoms with E-state index < -0.39 is 218 Å². The lowest BCUT2D eigenvalue weighted by Gasteiger charge is -2.33. The summed E-state index contributed by atoms with van der Waals surface area (Å²) in [7, 11) is 0. The fraction of sp³-hybridized carbons (Fsp3) is 0.632. The minimum Gasteiger partial charge on any atom is -0.508 e. The van der Waals surface area contributed by atoms with Crippen molar-refractivity contribution in [3.63, 3.8) is 0 Å². The Bertz CT molecular complexity index is 2780. The number of thiol groups is 2. The van der Waals surface area contributed by atoms with E-state index in [9.17, 15) is 97.5 Å². The molecule has 0 spiro atoms. The van der Waals surface area contributed by atoms with Gasteiger partial charge < -0.3 is 94.7 Å². The number of phenolic OH excluding ortho intramolecular Hbond substituents is 1. The molecule has 0 bridgehead atoms. The van der Waals surface area contributed by atoms with E-state index >= 15 is 0 Å². The van der Waals surface area contributed by atoms with Gasteiger partial charge in [-0.05, 0) is 61.6 Å². The SMILES string of the molecule is CC[C@H](C)[C@H](NC(=O)CNC(=O)[C@H](C)NC(=O)CNC(=O)[C@@H](NC(=O)[C@@H]1CCCN1C(=O)[C@@H](NC(=O)[C@H](CC(=O)O)NC(=O)[C@H](CS)NC(=O)[C@H](CCC(=O)O)NC(=O)[C@H](Cc1ccc(O)cc1)NC(=O)[C@@H](N)CO)[C@@H](C)CC)[C@@H](C)CC)C(=O)N[C@@H](CS)C(=O)O. The van der Waals surface area contributed by atoms with Gasteiger partial charge in [0.15, 0.2) is 0 Å². The Hall–Kier alpha value is -8.31. The van der Waals surface area contributed by atoms with Crippen LogP contribution in [0.5, 0.6) is 5.75 Å².